The van der Waals surface area contributed by atoms with Crippen LogP contribution in [0.5, 0.6) is 0 Å². The molecule has 8 heteroatoms. The van der Waals surface area contributed by atoms with Crippen LogP contribution in [0.25, 0.3) is 5.69 Å². The zero-order valence-corrected chi connectivity index (χ0v) is 17.8. The molecule has 3 rings (SSSR count). The Bertz CT molecular complexity index is 865. The molecule has 0 atom stereocenters. The maximum absolute atomic E-state index is 12.8. The molecule has 1 aliphatic heterocycles. The summed E-state index contributed by atoms with van der Waals surface area (Å²) in [4.78, 5) is 17.1. The number of hydrogen-bond acceptors (Lipinski definition) is 6. The van der Waals surface area contributed by atoms with Crippen molar-refractivity contribution in [2.75, 3.05) is 57.8 Å². The van der Waals surface area contributed by atoms with E-state index in [2.05, 4.69) is 21.4 Å². The highest BCUT2D eigenvalue weighted by atomic mass is 16.5. The molecular formula is C22H30N6O2. The predicted octanol–water partition coefficient (Wildman–Crippen LogP) is 1.98. The number of amides is 1. The molecule has 2 aromatic rings. The highest BCUT2D eigenvalue weighted by molar-refractivity contribution is 5.91. The molecule has 1 N–H and O–H groups in total. The van der Waals surface area contributed by atoms with Crippen LogP contribution in [0.3, 0.4) is 0 Å². The first-order valence-corrected chi connectivity index (χ1v) is 10.4. The van der Waals surface area contributed by atoms with E-state index in [0.717, 1.165) is 50.8 Å². The third-order valence-corrected chi connectivity index (χ3v) is 5.12. The first kappa shape index (κ1) is 22.0. The average Bonchev–Trinajstić information content (AvgIpc) is 3.11. The molecule has 1 fully saturated rings. The molecule has 1 aromatic carbocycles. The van der Waals surface area contributed by atoms with Gasteiger partial charge in [0.15, 0.2) is 0 Å². The number of nitrogens with one attached hydrogen (secondary N) is 1. The smallest absolute Gasteiger partial charge is 0.239 e. The fourth-order valence-corrected chi connectivity index (χ4v) is 3.44. The van der Waals surface area contributed by atoms with E-state index in [0.29, 0.717) is 18.8 Å². The highest BCUT2D eigenvalue weighted by Crippen LogP contribution is 2.17. The monoisotopic (exact) mass is 410 g/mol. The Morgan fingerprint density at radius 3 is 2.67 bits per heavy atom. The van der Waals surface area contributed by atoms with E-state index < -0.39 is 0 Å². The van der Waals surface area contributed by atoms with E-state index >= 15 is 0 Å². The fraction of sp³-hybridized carbons (Fsp3) is 0.500. The lowest BCUT2D eigenvalue weighted by Crippen LogP contribution is -2.43. The Hall–Kier alpha value is -2.73. The number of carbonyl (C=O) groups excluding carboxylic acids is 1. The third-order valence-electron chi connectivity index (χ3n) is 5.12. The van der Waals surface area contributed by atoms with Gasteiger partial charge in [-0.3, -0.25) is 14.6 Å². The van der Waals surface area contributed by atoms with Gasteiger partial charge < -0.3 is 10.1 Å². The molecule has 0 saturated carbocycles. The van der Waals surface area contributed by atoms with Crippen LogP contribution in [0.15, 0.2) is 30.3 Å². The number of aryl methyl sites for hydroxylation is 2. The second-order valence-electron chi connectivity index (χ2n) is 7.60. The maximum Gasteiger partial charge on any atom is 0.239 e. The van der Waals surface area contributed by atoms with Gasteiger partial charge in [0.25, 0.3) is 0 Å². The summed E-state index contributed by atoms with van der Waals surface area (Å²) in [5.41, 5.74) is 2.90. The number of aromatic nitrogens is 2. The van der Waals surface area contributed by atoms with Crippen LogP contribution in [0.4, 0.5) is 5.82 Å². The van der Waals surface area contributed by atoms with Gasteiger partial charge in [-0.1, -0.05) is 17.7 Å². The van der Waals surface area contributed by atoms with Crippen molar-refractivity contribution in [1.82, 2.24) is 19.6 Å². The Morgan fingerprint density at radius 1 is 1.23 bits per heavy atom. The standard InChI is InChI=1S/C22H30N6O2/c1-18-4-6-20(7-5-18)28-21(16-19(2)25-28)24-22(29)17-27(9-3-8-23)11-10-26-12-14-30-15-13-26/h4-7,16H,3,9-15,17H2,1-2H3,(H,24,29). The number of hydrogen-bond donors (Lipinski definition) is 1. The van der Waals surface area contributed by atoms with Gasteiger partial charge in [0.05, 0.1) is 37.2 Å². The van der Waals surface area contributed by atoms with Gasteiger partial charge in [-0.25, -0.2) is 4.68 Å². The van der Waals surface area contributed by atoms with E-state index in [1.54, 1.807) is 4.68 Å². The highest BCUT2D eigenvalue weighted by Gasteiger charge is 2.16. The van der Waals surface area contributed by atoms with Crippen molar-refractivity contribution in [3.05, 3.63) is 41.6 Å². The van der Waals surface area contributed by atoms with Gasteiger partial charge in [-0.15, -0.1) is 0 Å². The summed E-state index contributed by atoms with van der Waals surface area (Å²) in [6.45, 7) is 9.68. The molecule has 1 aliphatic rings. The molecule has 30 heavy (non-hydrogen) atoms. The number of ether oxygens (including phenoxy) is 1. The van der Waals surface area contributed by atoms with E-state index in [4.69, 9.17) is 10.00 Å². The molecule has 2 heterocycles. The van der Waals surface area contributed by atoms with Crippen molar-refractivity contribution in [2.24, 2.45) is 0 Å². The summed E-state index contributed by atoms with van der Waals surface area (Å²) in [7, 11) is 0. The second kappa shape index (κ2) is 10.9. The minimum Gasteiger partial charge on any atom is -0.379 e. The van der Waals surface area contributed by atoms with Crippen LogP contribution in [0.1, 0.15) is 17.7 Å². The Kier molecular flexibility index (Phi) is 7.97. The lowest BCUT2D eigenvalue weighted by molar-refractivity contribution is -0.117. The molecular weight excluding hydrogens is 380 g/mol. The minimum absolute atomic E-state index is 0.108. The van der Waals surface area contributed by atoms with Crippen molar-refractivity contribution in [3.63, 3.8) is 0 Å². The summed E-state index contributed by atoms with van der Waals surface area (Å²) in [6, 6.07) is 12.1. The van der Waals surface area contributed by atoms with Crippen molar-refractivity contribution in [2.45, 2.75) is 20.3 Å². The number of rotatable bonds is 9. The van der Waals surface area contributed by atoms with Crippen molar-refractivity contribution < 1.29 is 9.53 Å². The molecule has 1 saturated heterocycles. The van der Waals surface area contributed by atoms with Crippen LogP contribution in [0, 0.1) is 25.2 Å². The average molecular weight is 411 g/mol. The van der Waals surface area contributed by atoms with Crippen LogP contribution in [-0.2, 0) is 9.53 Å². The fourth-order valence-electron chi connectivity index (χ4n) is 3.44. The van der Waals surface area contributed by atoms with E-state index in [9.17, 15) is 4.79 Å². The lowest BCUT2D eigenvalue weighted by atomic mass is 10.2. The summed E-state index contributed by atoms with van der Waals surface area (Å²) >= 11 is 0. The molecule has 0 unspecified atom stereocenters. The SMILES string of the molecule is Cc1ccc(-n2nc(C)cc2NC(=O)CN(CCC#N)CCN2CCOCC2)cc1. The largest absolute Gasteiger partial charge is 0.379 e. The minimum atomic E-state index is -0.108. The van der Waals surface area contributed by atoms with Gasteiger partial charge >= 0.3 is 0 Å². The molecule has 0 radical (unpaired) electrons. The summed E-state index contributed by atoms with van der Waals surface area (Å²) in [5.74, 6) is 0.540. The molecule has 8 nitrogen and oxygen atoms in total. The van der Waals surface area contributed by atoms with E-state index in [1.807, 2.05) is 49.1 Å². The zero-order chi connectivity index (χ0) is 21.3. The van der Waals surface area contributed by atoms with Crippen LogP contribution in [-0.4, -0.2) is 78.0 Å². The van der Waals surface area contributed by atoms with Crippen molar-refractivity contribution in [1.29, 1.82) is 5.26 Å². The van der Waals surface area contributed by atoms with Crippen LogP contribution >= 0.6 is 0 Å². The quantitative estimate of drug-likeness (QED) is 0.680. The number of nitrogens with zero attached hydrogens (tertiary/aromatic N) is 5. The topological polar surface area (TPSA) is 86.4 Å². The number of benzene rings is 1. The van der Waals surface area contributed by atoms with E-state index in [-0.39, 0.29) is 12.5 Å². The normalized spacial score (nSPS) is 14.6. The van der Waals surface area contributed by atoms with Gasteiger partial charge in [0.2, 0.25) is 5.91 Å². The van der Waals surface area contributed by atoms with Gasteiger partial charge in [0, 0.05) is 45.2 Å². The Labute approximate surface area is 178 Å². The molecule has 0 aliphatic carbocycles. The van der Waals surface area contributed by atoms with Gasteiger partial charge in [-0.05, 0) is 26.0 Å². The molecule has 0 bridgehead atoms. The number of anilines is 1. The second-order valence-corrected chi connectivity index (χ2v) is 7.60. The summed E-state index contributed by atoms with van der Waals surface area (Å²) in [6.07, 6.45) is 0.400. The third kappa shape index (κ3) is 6.39. The lowest BCUT2D eigenvalue weighted by Gasteiger charge is -2.29. The van der Waals surface area contributed by atoms with Gasteiger partial charge in [-0.2, -0.15) is 10.4 Å². The molecule has 1 aromatic heterocycles. The number of morpholine rings is 1. The van der Waals surface area contributed by atoms with E-state index in [1.165, 1.54) is 5.56 Å². The van der Waals surface area contributed by atoms with Crippen molar-refractivity contribution in [3.8, 4) is 11.8 Å². The molecule has 1 amide bonds. The number of nitriles is 1. The summed E-state index contributed by atoms with van der Waals surface area (Å²) < 4.78 is 7.14. The first-order valence-electron chi connectivity index (χ1n) is 10.4. The predicted molar refractivity (Wildman–Crippen MR) is 116 cm³/mol. The van der Waals surface area contributed by atoms with Crippen LogP contribution in [0.2, 0.25) is 0 Å². The first-order chi connectivity index (χ1) is 14.5. The summed E-state index contributed by atoms with van der Waals surface area (Å²) in [5, 5.41) is 16.5. The Balaban J connectivity index is 1.61. The molecule has 160 valence electrons. The maximum atomic E-state index is 12.8. The zero-order valence-electron chi connectivity index (χ0n) is 17.8. The van der Waals surface area contributed by atoms with Crippen molar-refractivity contribution >= 4 is 11.7 Å². The Morgan fingerprint density at radius 2 is 1.97 bits per heavy atom. The number of carbonyl (C=O) groups is 1. The van der Waals surface area contributed by atoms with Crippen LogP contribution < -0.4 is 5.32 Å². The molecule has 0 spiro atoms. The van der Waals surface area contributed by atoms with Gasteiger partial charge in [0.1, 0.15) is 5.82 Å².